The zero-order chi connectivity index (χ0) is 40.0. The Morgan fingerprint density at radius 3 is 1.54 bits per heavy atom. The van der Waals surface area contributed by atoms with E-state index in [2.05, 4.69) is 55.6 Å². The first kappa shape index (κ1) is 52.5. The Bertz CT molecular complexity index is 1020. The molecule has 0 bridgehead atoms. The molecule has 0 aromatic rings. The first-order valence-electron chi connectivity index (χ1n) is 22.0. The number of hydrogen-bond donors (Lipinski definition) is 2. The molecule has 54 heavy (non-hydrogen) atoms. The fourth-order valence-corrected chi connectivity index (χ4v) is 6.66. The number of nitrogens with zero attached hydrogens (tertiary/aromatic N) is 1. The highest BCUT2D eigenvalue weighted by Crippen LogP contribution is 2.38. The minimum Gasteiger partial charge on any atom is -0.756 e. The molecule has 0 spiro atoms. The summed E-state index contributed by atoms with van der Waals surface area (Å²) in [5.74, 6) is -0.217. The normalized spacial score (nSPS) is 14.9. The van der Waals surface area contributed by atoms with Crippen LogP contribution >= 0.6 is 7.82 Å². The zero-order valence-electron chi connectivity index (χ0n) is 35.7. The van der Waals surface area contributed by atoms with Crippen molar-refractivity contribution >= 4 is 13.7 Å². The summed E-state index contributed by atoms with van der Waals surface area (Å²) in [6, 6.07) is -0.909. The summed E-state index contributed by atoms with van der Waals surface area (Å²) in [4.78, 5) is 25.3. The van der Waals surface area contributed by atoms with Crippen LogP contribution in [0.3, 0.4) is 0 Å². The molecule has 9 heteroatoms. The number of carbonyl (C=O) groups is 1. The Labute approximate surface area is 333 Å². The number of phosphoric acid groups is 1. The van der Waals surface area contributed by atoms with Gasteiger partial charge in [-0.05, 0) is 70.6 Å². The Morgan fingerprint density at radius 2 is 1.04 bits per heavy atom. The van der Waals surface area contributed by atoms with Crippen molar-refractivity contribution in [2.45, 2.75) is 193 Å². The third kappa shape index (κ3) is 38.7. The van der Waals surface area contributed by atoms with Gasteiger partial charge in [0.15, 0.2) is 0 Å². The van der Waals surface area contributed by atoms with Crippen LogP contribution in [0.15, 0.2) is 48.6 Å². The van der Waals surface area contributed by atoms with Crippen molar-refractivity contribution in [2.24, 2.45) is 0 Å². The molecular formula is C45H85N2O6P. The minimum absolute atomic E-state index is 0.0104. The number of carbonyl (C=O) groups excluding carboxylic acids is 1. The van der Waals surface area contributed by atoms with E-state index in [1.807, 2.05) is 27.2 Å². The van der Waals surface area contributed by atoms with Gasteiger partial charge in [0.1, 0.15) is 13.2 Å². The van der Waals surface area contributed by atoms with E-state index in [-0.39, 0.29) is 12.5 Å². The monoisotopic (exact) mass is 781 g/mol. The van der Waals surface area contributed by atoms with E-state index in [1.54, 1.807) is 6.08 Å². The molecule has 0 aliphatic rings. The second-order valence-electron chi connectivity index (χ2n) is 16.0. The Kier molecular flexibility index (Phi) is 36.0. The molecule has 3 atom stereocenters. The number of phosphoric ester groups is 1. The maximum atomic E-state index is 12.8. The third-order valence-electron chi connectivity index (χ3n) is 9.49. The summed E-state index contributed by atoms with van der Waals surface area (Å²) in [5.41, 5.74) is 0. The van der Waals surface area contributed by atoms with Gasteiger partial charge in [-0.25, -0.2) is 0 Å². The molecule has 0 fully saturated rings. The molecule has 316 valence electrons. The van der Waals surface area contributed by atoms with Gasteiger partial charge in [0.2, 0.25) is 5.91 Å². The summed E-state index contributed by atoms with van der Waals surface area (Å²) in [6.07, 6.45) is 45.9. The van der Waals surface area contributed by atoms with Gasteiger partial charge < -0.3 is 28.8 Å². The number of quaternary nitrogens is 1. The van der Waals surface area contributed by atoms with Gasteiger partial charge in [-0.15, -0.1) is 0 Å². The SMILES string of the molecule is CCCCC/C=C/CC/C=C/CC/C=C/C(O)C(COP(=O)([O-])OCC[N+](C)(C)C)NC(=O)CCCCCCCCCCC/C=C\CCCCCCCC. The first-order chi connectivity index (χ1) is 26.0. The maximum absolute atomic E-state index is 12.8. The molecule has 0 saturated heterocycles. The van der Waals surface area contributed by atoms with E-state index in [1.165, 1.54) is 109 Å². The van der Waals surface area contributed by atoms with Crippen LogP contribution in [-0.2, 0) is 18.4 Å². The van der Waals surface area contributed by atoms with E-state index >= 15 is 0 Å². The molecule has 0 radical (unpaired) electrons. The van der Waals surface area contributed by atoms with Crippen LogP contribution in [0.5, 0.6) is 0 Å². The van der Waals surface area contributed by atoms with Crippen LogP contribution in [0, 0.1) is 0 Å². The highest BCUT2D eigenvalue weighted by Gasteiger charge is 2.23. The van der Waals surface area contributed by atoms with Crippen LogP contribution in [0.1, 0.15) is 181 Å². The summed E-state index contributed by atoms with van der Waals surface area (Å²) >= 11 is 0. The predicted octanol–water partition coefficient (Wildman–Crippen LogP) is 11.4. The smallest absolute Gasteiger partial charge is 0.268 e. The lowest BCUT2D eigenvalue weighted by Gasteiger charge is -2.29. The van der Waals surface area contributed by atoms with Crippen LogP contribution < -0.4 is 10.2 Å². The molecule has 2 N–H and O–H groups in total. The second-order valence-corrected chi connectivity index (χ2v) is 17.4. The van der Waals surface area contributed by atoms with Crippen molar-refractivity contribution < 1.29 is 32.9 Å². The van der Waals surface area contributed by atoms with Crippen molar-refractivity contribution in [1.82, 2.24) is 5.32 Å². The van der Waals surface area contributed by atoms with E-state index < -0.39 is 26.6 Å². The number of unbranched alkanes of at least 4 members (excludes halogenated alkanes) is 20. The van der Waals surface area contributed by atoms with Crippen LogP contribution in [0.25, 0.3) is 0 Å². The van der Waals surface area contributed by atoms with Crippen molar-refractivity contribution in [3.8, 4) is 0 Å². The van der Waals surface area contributed by atoms with Crippen molar-refractivity contribution in [1.29, 1.82) is 0 Å². The van der Waals surface area contributed by atoms with E-state index in [0.29, 0.717) is 17.4 Å². The topological polar surface area (TPSA) is 108 Å². The molecule has 1 amide bonds. The lowest BCUT2D eigenvalue weighted by Crippen LogP contribution is -2.45. The van der Waals surface area contributed by atoms with Gasteiger partial charge >= 0.3 is 0 Å². The van der Waals surface area contributed by atoms with Crippen molar-refractivity contribution in [3.63, 3.8) is 0 Å². The number of aliphatic hydroxyl groups excluding tert-OH is 1. The molecule has 0 heterocycles. The standard InChI is InChI=1S/C45H85N2O6P/c1-6-8-10-12-14-16-18-20-21-22-23-24-25-27-29-31-33-35-37-39-45(49)46-43(42-53-54(50,51)52-41-40-47(3,4)5)44(48)38-36-34-32-30-28-26-19-17-15-13-11-9-7-2/h15,17,20-21,28,30,36,38,43-44,48H,6-14,16,18-19,22-27,29,31-35,37,39-42H2,1-5H3,(H-,46,49,50,51)/b17-15+,21-20-,30-28+,38-36+. The summed E-state index contributed by atoms with van der Waals surface area (Å²) in [5, 5.41) is 13.7. The molecular weight excluding hydrogens is 695 g/mol. The molecule has 8 nitrogen and oxygen atoms in total. The Balaban J connectivity index is 4.44. The van der Waals surface area contributed by atoms with E-state index in [9.17, 15) is 19.4 Å². The third-order valence-corrected chi connectivity index (χ3v) is 10.5. The van der Waals surface area contributed by atoms with Crippen molar-refractivity contribution in [2.75, 3.05) is 40.9 Å². The first-order valence-corrected chi connectivity index (χ1v) is 23.5. The molecule has 3 unspecified atom stereocenters. The summed E-state index contributed by atoms with van der Waals surface area (Å²) in [6.45, 7) is 4.56. The molecule has 0 saturated carbocycles. The Hall–Kier alpha value is -1.54. The number of nitrogens with one attached hydrogen (secondary N) is 1. The fraction of sp³-hybridized carbons (Fsp3) is 0.800. The number of aliphatic hydroxyl groups is 1. The fourth-order valence-electron chi connectivity index (χ4n) is 5.94. The molecule has 0 aromatic heterocycles. The number of allylic oxidation sites excluding steroid dienone is 7. The van der Waals surface area contributed by atoms with Gasteiger partial charge in [0, 0.05) is 6.42 Å². The number of likely N-dealkylation sites (N-methyl/N-ethyl adjacent to an activating group) is 1. The van der Waals surface area contributed by atoms with Crippen molar-refractivity contribution in [3.05, 3.63) is 48.6 Å². The van der Waals surface area contributed by atoms with Crippen LogP contribution in [0.4, 0.5) is 0 Å². The minimum atomic E-state index is -4.60. The number of hydrogen-bond acceptors (Lipinski definition) is 6. The average molecular weight is 781 g/mol. The summed E-state index contributed by atoms with van der Waals surface area (Å²) in [7, 11) is 1.23. The largest absolute Gasteiger partial charge is 0.756 e. The second kappa shape index (κ2) is 37.1. The van der Waals surface area contributed by atoms with Gasteiger partial charge in [-0.1, -0.05) is 152 Å². The number of amides is 1. The van der Waals surface area contributed by atoms with Gasteiger partial charge in [0.05, 0.1) is 39.9 Å². The van der Waals surface area contributed by atoms with E-state index in [4.69, 9.17) is 9.05 Å². The van der Waals surface area contributed by atoms with Crippen LogP contribution in [0.2, 0.25) is 0 Å². The van der Waals surface area contributed by atoms with Crippen LogP contribution in [-0.4, -0.2) is 68.5 Å². The predicted molar refractivity (Wildman–Crippen MR) is 228 cm³/mol. The lowest BCUT2D eigenvalue weighted by atomic mass is 10.0. The van der Waals surface area contributed by atoms with Gasteiger partial charge in [-0.2, -0.15) is 0 Å². The Morgan fingerprint density at radius 1 is 0.630 bits per heavy atom. The molecule has 0 aliphatic heterocycles. The van der Waals surface area contributed by atoms with Gasteiger partial charge in [-0.3, -0.25) is 9.36 Å². The summed E-state index contributed by atoms with van der Waals surface area (Å²) < 4.78 is 23.1. The molecule has 0 aromatic carbocycles. The average Bonchev–Trinajstić information content (AvgIpc) is 3.12. The van der Waals surface area contributed by atoms with Gasteiger partial charge in [0.25, 0.3) is 7.82 Å². The quantitative estimate of drug-likeness (QED) is 0.0278. The molecule has 0 rings (SSSR count). The highest BCUT2D eigenvalue weighted by molar-refractivity contribution is 7.45. The highest BCUT2D eigenvalue weighted by atomic mass is 31.2. The lowest BCUT2D eigenvalue weighted by molar-refractivity contribution is -0.870. The maximum Gasteiger partial charge on any atom is 0.268 e. The van der Waals surface area contributed by atoms with E-state index in [0.717, 1.165) is 51.4 Å². The number of rotatable bonds is 39. The molecule has 0 aliphatic carbocycles. The zero-order valence-corrected chi connectivity index (χ0v) is 36.6.